The Hall–Kier alpha value is -0.390. The Morgan fingerprint density at radius 2 is 1.91 bits per heavy atom. The lowest BCUT2D eigenvalue weighted by Gasteiger charge is -2.47. The maximum absolute atomic E-state index is 12.4. The summed E-state index contributed by atoms with van der Waals surface area (Å²) in [6, 6.07) is 0. The first-order valence-electron chi connectivity index (χ1n) is 8.74. The molecule has 3 nitrogen and oxygen atoms in total. The van der Waals surface area contributed by atoms with E-state index in [0.29, 0.717) is 36.4 Å². The predicted octanol–water partition coefficient (Wildman–Crippen LogP) is 4.59. The highest BCUT2D eigenvalue weighted by molar-refractivity contribution is 14.1. The van der Waals surface area contributed by atoms with E-state index < -0.39 is 5.97 Å². The van der Waals surface area contributed by atoms with Crippen molar-refractivity contribution in [3.8, 4) is 0 Å². The molecule has 0 amide bonds. The Morgan fingerprint density at radius 1 is 1.26 bits per heavy atom. The summed E-state index contributed by atoms with van der Waals surface area (Å²) in [7, 11) is 0. The van der Waals surface area contributed by atoms with Crippen molar-refractivity contribution in [1.29, 1.82) is 0 Å². The third-order valence-electron chi connectivity index (χ3n) is 5.94. The van der Waals surface area contributed by atoms with Gasteiger partial charge < -0.3 is 5.11 Å². The number of rotatable bonds is 5. The van der Waals surface area contributed by atoms with E-state index in [1.165, 1.54) is 5.57 Å². The summed E-state index contributed by atoms with van der Waals surface area (Å²) in [5.74, 6) is 0.921. The molecule has 0 radical (unpaired) electrons. The number of ketones is 1. The largest absolute Gasteiger partial charge is 0.481 e. The van der Waals surface area contributed by atoms with Crippen LogP contribution < -0.4 is 0 Å². The zero-order valence-electron chi connectivity index (χ0n) is 14.6. The minimum Gasteiger partial charge on any atom is -0.481 e. The Morgan fingerprint density at radius 3 is 2.43 bits per heavy atom. The molecule has 0 aromatic rings. The fourth-order valence-corrected chi connectivity index (χ4v) is 5.51. The molecule has 6 atom stereocenters. The molecule has 130 valence electrons. The van der Waals surface area contributed by atoms with Crippen LogP contribution in [0.25, 0.3) is 0 Å². The third-order valence-corrected chi connectivity index (χ3v) is 7.33. The highest BCUT2D eigenvalue weighted by atomic mass is 127. The fraction of sp³-hybridized carbons (Fsp3) is 0.789. The number of hydrogen-bond donors (Lipinski definition) is 1. The molecule has 1 N–H and O–H groups in total. The second-order valence-electron chi connectivity index (χ2n) is 7.97. The van der Waals surface area contributed by atoms with Crippen LogP contribution in [-0.4, -0.2) is 21.3 Å². The number of aliphatic carboxylic acids is 1. The summed E-state index contributed by atoms with van der Waals surface area (Å²) < 4.78 is 1.04. The zero-order valence-corrected chi connectivity index (χ0v) is 16.7. The van der Waals surface area contributed by atoms with Crippen molar-refractivity contribution in [3.63, 3.8) is 0 Å². The molecule has 2 rings (SSSR count). The molecule has 0 aromatic heterocycles. The van der Waals surface area contributed by atoms with Crippen LogP contribution in [0.15, 0.2) is 11.6 Å². The van der Waals surface area contributed by atoms with Crippen LogP contribution in [0.1, 0.15) is 47.0 Å². The van der Waals surface area contributed by atoms with Crippen LogP contribution in [0.4, 0.5) is 0 Å². The molecule has 0 bridgehead atoms. The van der Waals surface area contributed by atoms with E-state index in [4.69, 9.17) is 0 Å². The molecular weight excluding hydrogens is 403 g/mol. The van der Waals surface area contributed by atoms with Crippen molar-refractivity contribution in [2.75, 3.05) is 4.43 Å². The lowest BCUT2D eigenvalue weighted by atomic mass is 9.56. The standard InChI is InChI=1S/C19H29IO3/c1-10(2)18(19(22)23)17-6-11(3)5-15-14(12(4)9-20)7-13(21)8-16(15)17/h5,10,12,14-18H,6-9H2,1-4H3,(H,22,23)/t12-,14+,15-,16+,17-,18-/m1/s1. The van der Waals surface area contributed by atoms with Crippen LogP contribution in [0.2, 0.25) is 0 Å². The van der Waals surface area contributed by atoms with Crippen LogP contribution >= 0.6 is 22.6 Å². The number of carboxylic acids is 1. The van der Waals surface area contributed by atoms with Crippen molar-refractivity contribution in [3.05, 3.63) is 11.6 Å². The molecule has 23 heavy (non-hydrogen) atoms. The average molecular weight is 432 g/mol. The molecule has 0 spiro atoms. The van der Waals surface area contributed by atoms with Gasteiger partial charge in [-0.25, -0.2) is 0 Å². The number of hydrogen-bond acceptors (Lipinski definition) is 2. The summed E-state index contributed by atoms with van der Waals surface area (Å²) in [6.07, 6.45) is 4.43. The van der Waals surface area contributed by atoms with E-state index in [2.05, 4.69) is 42.5 Å². The van der Waals surface area contributed by atoms with Crippen molar-refractivity contribution in [1.82, 2.24) is 0 Å². The number of alkyl halides is 1. The van der Waals surface area contributed by atoms with Gasteiger partial charge in [-0.1, -0.05) is 55.0 Å². The first-order chi connectivity index (χ1) is 10.8. The summed E-state index contributed by atoms with van der Waals surface area (Å²) in [5.41, 5.74) is 1.31. The summed E-state index contributed by atoms with van der Waals surface area (Å²) >= 11 is 2.41. The first kappa shape index (κ1) is 18.9. The van der Waals surface area contributed by atoms with Gasteiger partial charge in [0.05, 0.1) is 5.92 Å². The van der Waals surface area contributed by atoms with Crippen molar-refractivity contribution >= 4 is 34.3 Å². The molecule has 0 unspecified atom stereocenters. The highest BCUT2D eigenvalue weighted by Gasteiger charge is 2.47. The third kappa shape index (κ3) is 3.99. The number of Topliss-reactive ketones (excluding diaryl/α,β-unsaturated/α-hetero) is 1. The van der Waals surface area contributed by atoms with Crippen molar-refractivity contribution in [2.24, 2.45) is 41.4 Å². The van der Waals surface area contributed by atoms with E-state index >= 15 is 0 Å². The van der Waals surface area contributed by atoms with Crippen LogP contribution in [0.3, 0.4) is 0 Å². The minimum atomic E-state index is -0.699. The normalized spacial score (nSPS) is 33.8. The molecule has 0 aromatic carbocycles. The molecule has 1 saturated carbocycles. The smallest absolute Gasteiger partial charge is 0.307 e. The number of halogens is 1. The maximum Gasteiger partial charge on any atom is 0.307 e. The van der Waals surface area contributed by atoms with Gasteiger partial charge in [0.25, 0.3) is 0 Å². The monoisotopic (exact) mass is 432 g/mol. The van der Waals surface area contributed by atoms with E-state index in [1.54, 1.807) is 0 Å². The van der Waals surface area contributed by atoms with E-state index in [0.717, 1.165) is 10.8 Å². The van der Waals surface area contributed by atoms with Crippen molar-refractivity contribution in [2.45, 2.75) is 47.0 Å². The lowest BCUT2D eigenvalue weighted by molar-refractivity contribution is -0.148. The highest BCUT2D eigenvalue weighted by Crippen LogP contribution is 2.50. The van der Waals surface area contributed by atoms with Gasteiger partial charge in [0.1, 0.15) is 5.78 Å². The number of carboxylic acid groups (broad SMARTS) is 1. The Labute approximate surface area is 153 Å². The molecule has 0 aliphatic heterocycles. The molecule has 2 aliphatic rings. The van der Waals surface area contributed by atoms with E-state index in [1.807, 2.05) is 13.8 Å². The minimum absolute atomic E-state index is 0.0932. The van der Waals surface area contributed by atoms with Gasteiger partial charge >= 0.3 is 5.97 Å². The fourth-order valence-electron chi connectivity index (χ4n) is 4.85. The van der Waals surface area contributed by atoms with Crippen LogP contribution in [0, 0.1) is 41.4 Å². The van der Waals surface area contributed by atoms with Gasteiger partial charge in [0.15, 0.2) is 0 Å². The SMILES string of the molecule is CC1=C[C@@H]2[C@H]([C@H](C)CI)CC(=O)C[C@@H]2[C@H]([C@H](C(=O)O)C(C)C)C1. The first-order valence-corrected chi connectivity index (χ1v) is 10.3. The summed E-state index contributed by atoms with van der Waals surface area (Å²) in [4.78, 5) is 24.2. The van der Waals surface area contributed by atoms with Gasteiger partial charge in [-0.05, 0) is 48.9 Å². The number of carbonyl (C=O) groups is 2. The van der Waals surface area contributed by atoms with Gasteiger partial charge in [-0.15, -0.1) is 0 Å². The van der Waals surface area contributed by atoms with Crippen LogP contribution in [-0.2, 0) is 9.59 Å². The van der Waals surface area contributed by atoms with Gasteiger partial charge in [0.2, 0.25) is 0 Å². The Balaban J connectivity index is 2.39. The number of carbonyl (C=O) groups excluding carboxylic acids is 1. The number of allylic oxidation sites excluding steroid dienone is 2. The zero-order chi connectivity index (χ0) is 17.3. The quantitative estimate of drug-likeness (QED) is 0.393. The summed E-state index contributed by atoms with van der Waals surface area (Å²) in [5, 5.41) is 9.75. The molecule has 2 aliphatic carbocycles. The van der Waals surface area contributed by atoms with Gasteiger partial charge in [-0.2, -0.15) is 0 Å². The maximum atomic E-state index is 12.4. The second kappa shape index (κ2) is 7.66. The Kier molecular flexibility index (Phi) is 6.31. The molecule has 1 fully saturated rings. The van der Waals surface area contributed by atoms with Gasteiger partial charge in [0, 0.05) is 17.3 Å². The predicted molar refractivity (Wildman–Crippen MR) is 101 cm³/mol. The Bertz CT molecular complexity index is 497. The molecule has 0 heterocycles. The van der Waals surface area contributed by atoms with E-state index in [9.17, 15) is 14.7 Å². The molecule has 0 saturated heterocycles. The molecule has 4 heteroatoms. The van der Waals surface area contributed by atoms with Crippen molar-refractivity contribution < 1.29 is 14.7 Å². The van der Waals surface area contributed by atoms with Crippen LogP contribution in [0.5, 0.6) is 0 Å². The topological polar surface area (TPSA) is 54.4 Å². The second-order valence-corrected chi connectivity index (χ2v) is 8.85. The number of fused-ring (bicyclic) bond motifs is 1. The summed E-state index contributed by atoms with van der Waals surface area (Å²) in [6.45, 7) is 8.36. The van der Waals surface area contributed by atoms with Gasteiger partial charge in [-0.3, -0.25) is 9.59 Å². The lowest BCUT2D eigenvalue weighted by Crippen LogP contribution is -2.45. The average Bonchev–Trinajstić information content (AvgIpc) is 2.45. The van der Waals surface area contributed by atoms with E-state index in [-0.39, 0.29) is 23.7 Å². The molecular formula is C19H29IO3.